The fraction of sp³-hybridized carbons (Fsp3) is 0.118. The summed E-state index contributed by atoms with van der Waals surface area (Å²) in [5.41, 5.74) is 6.73. The molecular weight excluding hydrogens is 440 g/mol. The van der Waals surface area contributed by atoms with Gasteiger partial charge in [-0.05, 0) is 63.1 Å². The van der Waals surface area contributed by atoms with Gasteiger partial charge in [-0.25, -0.2) is 0 Å². The molecule has 0 fully saturated rings. The topological polar surface area (TPSA) is 40.5 Å². The first-order chi connectivity index (χ1) is 17.3. The van der Waals surface area contributed by atoms with Crippen LogP contribution in [0.5, 0.6) is 11.5 Å². The van der Waals surface area contributed by atoms with Crippen molar-refractivity contribution in [3.05, 3.63) is 155 Å². The molecule has 0 aliphatic rings. The van der Waals surface area contributed by atoms with Crippen molar-refractivity contribution in [2.24, 2.45) is 0 Å². The van der Waals surface area contributed by atoms with Crippen molar-refractivity contribution in [1.29, 1.82) is 0 Å². The van der Waals surface area contributed by atoms with E-state index in [1.807, 2.05) is 60.7 Å². The van der Waals surface area contributed by atoms with Gasteiger partial charge >= 0.3 is 0 Å². The van der Waals surface area contributed by atoms with E-state index in [-0.39, 0.29) is 11.5 Å². The van der Waals surface area contributed by atoms with E-state index in [0.29, 0.717) is 0 Å². The second-order valence-corrected chi connectivity index (χ2v) is 8.60. The van der Waals surface area contributed by atoms with Gasteiger partial charge in [0.25, 0.3) is 0 Å². The number of rotatable bonds is 10. The van der Waals surface area contributed by atoms with Gasteiger partial charge in [0.1, 0.15) is 11.5 Å². The summed E-state index contributed by atoms with van der Waals surface area (Å²) in [6.07, 6.45) is 28.8. The zero-order chi connectivity index (χ0) is 26.2. The number of phenols is 2. The van der Waals surface area contributed by atoms with Crippen LogP contribution in [-0.2, 0) is 0 Å². The van der Waals surface area contributed by atoms with E-state index in [1.54, 1.807) is 24.3 Å². The van der Waals surface area contributed by atoms with Crippen LogP contribution in [0.15, 0.2) is 144 Å². The molecule has 2 aromatic carbocycles. The molecule has 0 bridgehead atoms. The Balaban J connectivity index is 1.82. The standard InChI is InChI=1S/C34H36O2/c1-27(11-7-13-29(3)15-17-31-19-23-33(35)24-20-31)9-5-6-10-28(2)12-8-14-30(4)16-18-32-21-25-34(36)26-22-32/h5-26,35-36H,1-4H3. The molecule has 2 heteroatoms. The average Bonchev–Trinajstić information content (AvgIpc) is 2.86. The SMILES string of the molecule is CC(C=CC=C(C)C=Cc1ccc(O)cc1)=CC=CC=C(C)C=CC=C(C)C=Cc1ccc(O)cc1. The third-order valence-electron chi connectivity index (χ3n) is 5.13. The maximum atomic E-state index is 9.34. The van der Waals surface area contributed by atoms with Gasteiger partial charge in [-0.15, -0.1) is 0 Å². The molecule has 2 rings (SSSR count). The molecule has 0 saturated carbocycles. The predicted molar refractivity (Wildman–Crippen MR) is 157 cm³/mol. The van der Waals surface area contributed by atoms with E-state index in [1.165, 1.54) is 11.1 Å². The molecule has 0 amide bonds. The molecular formula is C34H36O2. The van der Waals surface area contributed by atoms with Crippen molar-refractivity contribution in [1.82, 2.24) is 0 Å². The molecule has 2 nitrogen and oxygen atoms in total. The van der Waals surface area contributed by atoms with Crippen molar-refractivity contribution in [2.75, 3.05) is 0 Å². The molecule has 0 aliphatic heterocycles. The van der Waals surface area contributed by atoms with E-state index >= 15 is 0 Å². The van der Waals surface area contributed by atoms with Crippen LogP contribution >= 0.6 is 0 Å². The van der Waals surface area contributed by atoms with Gasteiger partial charge in [0, 0.05) is 0 Å². The minimum Gasteiger partial charge on any atom is -0.508 e. The number of aromatic hydroxyl groups is 2. The Morgan fingerprint density at radius 1 is 0.444 bits per heavy atom. The third kappa shape index (κ3) is 12.2. The summed E-state index contributed by atoms with van der Waals surface area (Å²) in [6.45, 7) is 8.27. The van der Waals surface area contributed by atoms with Gasteiger partial charge in [-0.3, -0.25) is 0 Å². The largest absolute Gasteiger partial charge is 0.508 e. The summed E-state index contributed by atoms with van der Waals surface area (Å²) >= 11 is 0. The molecule has 0 aliphatic carbocycles. The summed E-state index contributed by atoms with van der Waals surface area (Å²) in [5, 5.41) is 18.7. The van der Waals surface area contributed by atoms with E-state index in [0.717, 1.165) is 22.3 Å². The lowest BCUT2D eigenvalue weighted by molar-refractivity contribution is 0.474. The minimum atomic E-state index is 0.278. The van der Waals surface area contributed by atoms with E-state index in [4.69, 9.17) is 0 Å². The van der Waals surface area contributed by atoms with Crippen LogP contribution in [0.4, 0.5) is 0 Å². The van der Waals surface area contributed by atoms with Crippen LogP contribution in [0.3, 0.4) is 0 Å². The van der Waals surface area contributed by atoms with Crippen LogP contribution in [0.2, 0.25) is 0 Å². The Bertz CT molecular complexity index is 1140. The molecule has 0 heterocycles. The van der Waals surface area contributed by atoms with Crippen molar-refractivity contribution in [3.8, 4) is 11.5 Å². The first-order valence-corrected chi connectivity index (χ1v) is 12.0. The molecule has 2 aromatic rings. The summed E-state index contributed by atoms with van der Waals surface area (Å²) < 4.78 is 0. The molecule has 36 heavy (non-hydrogen) atoms. The zero-order valence-electron chi connectivity index (χ0n) is 21.6. The third-order valence-corrected chi connectivity index (χ3v) is 5.13. The Morgan fingerprint density at radius 2 is 0.750 bits per heavy atom. The molecule has 2 N–H and O–H groups in total. The summed E-state index contributed by atoms with van der Waals surface area (Å²) in [5.74, 6) is 0.555. The van der Waals surface area contributed by atoms with Crippen molar-refractivity contribution < 1.29 is 10.2 Å². The number of phenolic OH excluding ortho intramolecular Hbond substituents is 2. The monoisotopic (exact) mass is 476 g/mol. The number of hydrogen-bond acceptors (Lipinski definition) is 2. The molecule has 0 unspecified atom stereocenters. The van der Waals surface area contributed by atoms with E-state index in [2.05, 4.69) is 76.3 Å². The predicted octanol–water partition coefficient (Wildman–Crippen LogP) is 9.28. The maximum Gasteiger partial charge on any atom is 0.115 e. The number of hydrogen-bond donors (Lipinski definition) is 2. The number of allylic oxidation sites excluding steroid dienone is 16. The molecule has 0 radical (unpaired) electrons. The lowest BCUT2D eigenvalue weighted by atomic mass is 10.1. The van der Waals surface area contributed by atoms with Crippen LogP contribution in [0.1, 0.15) is 38.8 Å². The van der Waals surface area contributed by atoms with Gasteiger partial charge in [-0.1, -0.05) is 132 Å². The molecule has 184 valence electrons. The first kappa shape index (κ1) is 27.9. The average molecular weight is 477 g/mol. The van der Waals surface area contributed by atoms with Crippen LogP contribution in [0, 0.1) is 0 Å². The highest BCUT2D eigenvalue weighted by Crippen LogP contribution is 2.13. The van der Waals surface area contributed by atoms with Gasteiger partial charge < -0.3 is 10.2 Å². The summed E-state index contributed by atoms with van der Waals surface area (Å²) in [7, 11) is 0. The Labute approximate surface area is 216 Å². The minimum absolute atomic E-state index is 0.278. The smallest absolute Gasteiger partial charge is 0.115 e. The van der Waals surface area contributed by atoms with Gasteiger partial charge in [-0.2, -0.15) is 0 Å². The highest BCUT2D eigenvalue weighted by Gasteiger charge is 1.89. The van der Waals surface area contributed by atoms with Crippen molar-refractivity contribution in [3.63, 3.8) is 0 Å². The molecule has 0 spiro atoms. The Morgan fingerprint density at radius 3 is 1.11 bits per heavy atom. The lowest BCUT2D eigenvalue weighted by Crippen LogP contribution is -1.72. The van der Waals surface area contributed by atoms with Crippen LogP contribution in [-0.4, -0.2) is 10.2 Å². The normalized spacial score (nSPS) is 14.4. The van der Waals surface area contributed by atoms with Crippen LogP contribution < -0.4 is 0 Å². The highest BCUT2D eigenvalue weighted by atomic mass is 16.3. The molecule has 0 saturated heterocycles. The van der Waals surface area contributed by atoms with E-state index < -0.39 is 0 Å². The fourth-order valence-corrected chi connectivity index (χ4v) is 2.97. The van der Waals surface area contributed by atoms with Crippen LogP contribution in [0.25, 0.3) is 12.2 Å². The van der Waals surface area contributed by atoms with Crippen molar-refractivity contribution >= 4 is 12.2 Å². The zero-order valence-corrected chi connectivity index (χ0v) is 21.6. The number of benzene rings is 2. The van der Waals surface area contributed by atoms with Gasteiger partial charge in [0.2, 0.25) is 0 Å². The molecule has 0 atom stereocenters. The van der Waals surface area contributed by atoms with Gasteiger partial charge in [0.05, 0.1) is 0 Å². The quantitative estimate of drug-likeness (QED) is 0.335. The summed E-state index contributed by atoms with van der Waals surface area (Å²) in [4.78, 5) is 0. The van der Waals surface area contributed by atoms with Crippen molar-refractivity contribution in [2.45, 2.75) is 27.7 Å². The Hall–Kier alpha value is -4.30. The second kappa shape index (κ2) is 15.6. The maximum absolute atomic E-state index is 9.34. The summed E-state index contributed by atoms with van der Waals surface area (Å²) in [6, 6.07) is 14.3. The van der Waals surface area contributed by atoms with Gasteiger partial charge in [0.15, 0.2) is 0 Å². The van der Waals surface area contributed by atoms with E-state index in [9.17, 15) is 10.2 Å². The Kier molecular flexibility index (Phi) is 12.1. The molecule has 0 aromatic heterocycles. The fourth-order valence-electron chi connectivity index (χ4n) is 2.97. The first-order valence-electron chi connectivity index (χ1n) is 12.0. The lowest BCUT2D eigenvalue weighted by Gasteiger charge is -1.94. The highest BCUT2D eigenvalue weighted by molar-refractivity contribution is 5.54. The second-order valence-electron chi connectivity index (χ2n) is 8.60.